The highest BCUT2D eigenvalue weighted by Gasteiger charge is 2.16. The summed E-state index contributed by atoms with van der Waals surface area (Å²) in [6.07, 6.45) is 1.38. The van der Waals surface area contributed by atoms with Crippen LogP contribution in [0.2, 0.25) is 0 Å². The predicted octanol–water partition coefficient (Wildman–Crippen LogP) is 2.20. The summed E-state index contributed by atoms with van der Waals surface area (Å²) >= 11 is 0. The van der Waals surface area contributed by atoms with Crippen molar-refractivity contribution in [3.05, 3.63) is 71.8 Å². The number of hydrogen-bond acceptors (Lipinski definition) is 5. The molecule has 0 aliphatic carbocycles. The third-order valence-electron chi connectivity index (χ3n) is 4.19. The van der Waals surface area contributed by atoms with Crippen LogP contribution in [0.5, 0.6) is 5.75 Å². The lowest BCUT2D eigenvalue weighted by molar-refractivity contribution is -0.120. The zero-order valence-electron chi connectivity index (χ0n) is 15.9. The van der Waals surface area contributed by atoms with Gasteiger partial charge in [-0.2, -0.15) is 5.10 Å². The number of benzene rings is 2. The number of halogens is 1. The zero-order valence-corrected chi connectivity index (χ0v) is 15.9. The van der Waals surface area contributed by atoms with Crippen molar-refractivity contribution in [2.75, 3.05) is 19.0 Å². The molecule has 2 amide bonds. The van der Waals surface area contributed by atoms with E-state index >= 15 is 0 Å². The normalized spacial score (nSPS) is 10.3. The minimum Gasteiger partial charge on any atom is -0.495 e. The maximum absolute atomic E-state index is 13.1. The zero-order chi connectivity index (χ0) is 20.8. The molecule has 150 valence electrons. The number of methoxy groups -OCH3 is 1. The van der Waals surface area contributed by atoms with Gasteiger partial charge in [0.1, 0.15) is 11.6 Å². The molecule has 0 aliphatic heterocycles. The molecular formula is C20H20FN5O3. The van der Waals surface area contributed by atoms with Crippen LogP contribution >= 0.6 is 0 Å². The number of hydrazine groups is 1. The van der Waals surface area contributed by atoms with Crippen molar-refractivity contribution in [3.8, 4) is 11.4 Å². The number of ether oxygens (including phenoxy) is 1. The quantitative estimate of drug-likeness (QED) is 0.554. The first-order valence-corrected chi connectivity index (χ1v) is 8.76. The Morgan fingerprint density at radius 2 is 1.83 bits per heavy atom. The van der Waals surface area contributed by atoms with Gasteiger partial charge in [0, 0.05) is 0 Å². The number of nitrogens with zero attached hydrogens (tertiary/aromatic N) is 2. The molecule has 0 atom stereocenters. The molecule has 0 saturated carbocycles. The molecule has 0 unspecified atom stereocenters. The number of hydrogen-bond donors (Lipinski definition) is 3. The molecular weight excluding hydrogens is 377 g/mol. The van der Waals surface area contributed by atoms with Gasteiger partial charge in [-0.25, -0.2) is 9.07 Å². The smallest absolute Gasteiger partial charge is 0.273 e. The average molecular weight is 397 g/mol. The molecule has 0 saturated heterocycles. The molecule has 9 heteroatoms. The van der Waals surface area contributed by atoms with Gasteiger partial charge in [-0.3, -0.25) is 20.4 Å². The molecule has 3 aromatic rings. The van der Waals surface area contributed by atoms with Crippen molar-refractivity contribution in [2.45, 2.75) is 6.92 Å². The molecule has 0 radical (unpaired) electrons. The number of anilines is 1. The second kappa shape index (κ2) is 8.87. The van der Waals surface area contributed by atoms with Crippen LogP contribution < -0.4 is 20.9 Å². The van der Waals surface area contributed by atoms with Gasteiger partial charge in [0.05, 0.1) is 42.5 Å². The number of para-hydroxylation sites is 2. The number of nitrogens with one attached hydrogen (secondary N) is 3. The molecule has 0 aliphatic rings. The highest BCUT2D eigenvalue weighted by molar-refractivity contribution is 5.96. The van der Waals surface area contributed by atoms with Gasteiger partial charge in [-0.15, -0.1) is 0 Å². The molecule has 2 aromatic carbocycles. The van der Waals surface area contributed by atoms with Crippen molar-refractivity contribution < 1.29 is 18.7 Å². The highest BCUT2D eigenvalue weighted by atomic mass is 19.1. The number of rotatable bonds is 6. The average Bonchev–Trinajstić information content (AvgIpc) is 3.12. The van der Waals surface area contributed by atoms with E-state index in [0.717, 1.165) is 0 Å². The van der Waals surface area contributed by atoms with Gasteiger partial charge < -0.3 is 10.1 Å². The summed E-state index contributed by atoms with van der Waals surface area (Å²) in [7, 11) is 1.54. The number of aromatic nitrogens is 2. The molecule has 3 rings (SSSR count). The van der Waals surface area contributed by atoms with Crippen molar-refractivity contribution >= 4 is 17.5 Å². The fourth-order valence-corrected chi connectivity index (χ4v) is 2.68. The molecule has 29 heavy (non-hydrogen) atoms. The van der Waals surface area contributed by atoms with Crippen molar-refractivity contribution in [1.82, 2.24) is 20.6 Å². The molecule has 1 aromatic heterocycles. The van der Waals surface area contributed by atoms with Gasteiger partial charge >= 0.3 is 0 Å². The van der Waals surface area contributed by atoms with E-state index in [2.05, 4.69) is 21.3 Å². The van der Waals surface area contributed by atoms with Crippen LogP contribution in [0.4, 0.5) is 10.1 Å². The molecule has 0 fully saturated rings. The van der Waals surface area contributed by atoms with E-state index in [9.17, 15) is 14.0 Å². The highest BCUT2D eigenvalue weighted by Crippen LogP contribution is 2.22. The summed E-state index contributed by atoms with van der Waals surface area (Å²) in [6.45, 7) is 1.64. The summed E-state index contributed by atoms with van der Waals surface area (Å²) in [4.78, 5) is 24.4. The Balaban J connectivity index is 1.57. The van der Waals surface area contributed by atoms with Gasteiger partial charge in [-0.1, -0.05) is 12.1 Å². The first-order chi connectivity index (χ1) is 14.0. The third-order valence-corrected chi connectivity index (χ3v) is 4.19. The van der Waals surface area contributed by atoms with E-state index < -0.39 is 11.8 Å². The van der Waals surface area contributed by atoms with Crippen LogP contribution in [0.25, 0.3) is 5.69 Å². The Hall–Kier alpha value is -3.88. The van der Waals surface area contributed by atoms with Gasteiger partial charge in [0.25, 0.3) is 11.8 Å². The van der Waals surface area contributed by atoms with E-state index in [4.69, 9.17) is 4.74 Å². The van der Waals surface area contributed by atoms with Crippen molar-refractivity contribution in [2.24, 2.45) is 0 Å². The fraction of sp³-hybridized carbons (Fsp3) is 0.150. The summed E-state index contributed by atoms with van der Waals surface area (Å²) in [5, 5.41) is 7.09. The topological polar surface area (TPSA) is 97.3 Å². The Morgan fingerprint density at radius 3 is 2.55 bits per heavy atom. The molecule has 3 N–H and O–H groups in total. The van der Waals surface area contributed by atoms with E-state index in [1.165, 1.54) is 30.1 Å². The van der Waals surface area contributed by atoms with Crippen LogP contribution in [0.1, 0.15) is 16.1 Å². The van der Waals surface area contributed by atoms with Crippen molar-refractivity contribution in [3.63, 3.8) is 0 Å². The largest absolute Gasteiger partial charge is 0.495 e. The SMILES string of the molecule is COc1ccccc1NCC(=O)NNC(=O)c1cnn(-c2ccc(F)cc2)c1C. The Bertz CT molecular complexity index is 1020. The lowest BCUT2D eigenvalue weighted by Gasteiger charge is -2.11. The monoisotopic (exact) mass is 397 g/mol. The Labute approximate surface area is 166 Å². The second-order valence-corrected chi connectivity index (χ2v) is 6.09. The van der Waals surface area contributed by atoms with E-state index in [1.54, 1.807) is 31.2 Å². The number of carbonyl (C=O) groups is 2. The standard InChI is InChI=1S/C20H20FN5O3/c1-13-16(11-23-26(13)15-9-7-14(21)8-10-15)20(28)25-24-19(27)12-22-17-5-3-4-6-18(17)29-2/h3-11,22H,12H2,1-2H3,(H,24,27)(H,25,28). The minimum absolute atomic E-state index is 0.0610. The van der Waals surface area contributed by atoms with Crippen molar-refractivity contribution in [1.29, 1.82) is 0 Å². The van der Waals surface area contributed by atoms with E-state index in [0.29, 0.717) is 22.8 Å². The lowest BCUT2D eigenvalue weighted by atomic mass is 10.2. The van der Waals surface area contributed by atoms with Crippen LogP contribution in [0, 0.1) is 12.7 Å². The maximum Gasteiger partial charge on any atom is 0.273 e. The summed E-state index contributed by atoms with van der Waals surface area (Å²) in [5.74, 6) is -0.705. The summed E-state index contributed by atoms with van der Waals surface area (Å²) in [5.41, 5.74) is 6.81. The predicted molar refractivity (Wildman–Crippen MR) is 105 cm³/mol. The lowest BCUT2D eigenvalue weighted by Crippen LogP contribution is -2.44. The fourth-order valence-electron chi connectivity index (χ4n) is 2.68. The van der Waals surface area contributed by atoms with Crippen LogP contribution in [-0.2, 0) is 4.79 Å². The Morgan fingerprint density at radius 1 is 1.10 bits per heavy atom. The van der Waals surface area contributed by atoms with E-state index in [1.807, 2.05) is 12.1 Å². The number of amides is 2. The third kappa shape index (κ3) is 4.70. The minimum atomic E-state index is -0.512. The first-order valence-electron chi connectivity index (χ1n) is 8.76. The molecule has 0 spiro atoms. The van der Waals surface area contributed by atoms with Gasteiger partial charge in [0.2, 0.25) is 0 Å². The summed E-state index contributed by atoms with van der Waals surface area (Å²) < 4.78 is 19.8. The second-order valence-electron chi connectivity index (χ2n) is 6.09. The van der Waals surface area contributed by atoms with Crippen LogP contribution in [-0.4, -0.2) is 35.2 Å². The summed E-state index contributed by atoms with van der Waals surface area (Å²) in [6, 6.07) is 12.9. The molecule has 0 bridgehead atoms. The first kappa shape index (κ1) is 19.9. The molecule has 1 heterocycles. The number of carbonyl (C=O) groups excluding carboxylic acids is 2. The van der Waals surface area contributed by atoms with Gasteiger partial charge in [0.15, 0.2) is 0 Å². The van der Waals surface area contributed by atoms with E-state index in [-0.39, 0.29) is 17.9 Å². The molecule has 8 nitrogen and oxygen atoms in total. The van der Waals surface area contributed by atoms with Crippen LogP contribution in [0.15, 0.2) is 54.7 Å². The van der Waals surface area contributed by atoms with Crippen LogP contribution in [0.3, 0.4) is 0 Å². The maximum atomic E-state index is 13.1. The van der Waals surface area contributed by atoms with Gasteiger partial charge in [-0.05, 0) is 43.3 Å². The Kier molecular flexibility index (Phi) is 6.08.